The fraction of sp³-hybridized carbons (Fsp3) is 1.00. The van der Waals surface area contributed by atoms with Crippen LogP contribution in [0, 0.1) is 11.3 Å². The lowest BCUT2D eigenvalue weighted by Crippen LogP contribution is -2.54. The molecular formula is C18H32F3NO. The average Bonchev–Trinajstić information content (AvgIpc) is 2.42. The van der Waals surface area contributed by atoms with E-state index in [0.29, 0.717) is 19.2 Å². The third-order valence-electron chi connectivity index (χ3n) is 5.68. The second-order valence-corrected chi connectivity index (χ2v) is 8.15. The van der Waals surface area contributed by atoms with Crippen LogP contribution in [0.4, 0.5) is 13.2 Å². The summed E-state index contributed by atoms with van der Waals surface area (Å²) in [5.41, 5.74) is 0.264. The Morgan fingerprint density at radius 2 is 1.48 bits per heavy atom. The van der Waals surface area contributed by atoms with Gasteiger partial charge in [-0.1, -0.05) is 13.8 Å². The van der Waals surface area contributed by atoms with Crippen molar-refractivity contribution >= 4 is 0 Å². The Bertz CT molecular complexity index is 363. The smallest absolute Gasteiger partial charge is 0.376 e. The predicted octanol–water partition coefficient (Wildman–Crippen LogP) is 5.02. The van der Waals surface area contributed by atoms with Gasteiger partial charge < -0.3 is 4.74 Å². The maximum Gasteiger partial charge on any atom is 0.404 e. The third kappa shape index (κ3) is 4.85. The first-order valence-electron chi connectivity index (χ1n) is 9.09. The van der Waals surface area contributed by atoms with Gasteiger partial charge in [-0.15, -0.1) is 0 Å². The van der Waals surface area contributed by atoms with Crippen LogP contribution >= 0.6 is 0 Å². The molecule has 1 aliphatic heterocycles. The number of hydrogen-bond donors (Lipinski definition) is 0. The molecule has 2 rings (SSSR count). The van der Waals surface area contributed by atoms with Gasteiger partial charge in [0.05, 0.1) is 12.2 Å². The average molecular weight is 335 g/mol. The van der Waals surface area contributed by atoms with Gasteiger partial charge in [0.25, 0.3) is 0 Å². The maximum absolute atomic E-state index is 13.3. The molecule has 1 unspecified atom stereocenters. The van der Waals surface area contributed by atoms with Gasteiger partial charge in [-0.2, -0.15) is 13.2 Å². The summed E-state index contributed by atoms with van der Waals surface area (Å²) in [5, 5.41) is 0. The van der Waals surface area contributed by atoms with Gasteiger partial charge in [0.1, 0.15) is 6.04 Å². The molecule has 0 bridgehead atoms. The second-order valence-electron chi connectivity index (χ2n) is 8.15. The Labute approximate surface area is 138 Å². The number of rotatable bonds is 4. The topological polar surface area (TPSA) is 12.5 Å². The molecule has 1 saturated heterocycles. The van der Waals surface area contributed by atoms with Crippen LogP contribution in [0.5, 0.6) is 0 Å². The second kappa shape index (κ2) is 7.30. The first kappa shape index (κ1) is 19.0. The molecule has 2 nitrogen and oxygen atoms in total. The van der Waals surface area contributed by atoms with Gasteiger partial charge in [0, 0.05) is 0 Å². The van der Waals surface area contributed by atoms with Crippen molar-refractivity contribution in [2.75, 3.05) is 13.1 Å². The first-order chi connectivity index (χ1) is 10.6. The lowest BCUT2D eigenvalue weighted by molar-refractivity contribution is -0.201. The third-order valence-corrected chi connectivity index (χ3v) is 5.68. The lowest BCUT2D eigenvalue weighted by atomic mass is 9.67. The van der Waals surface area contributed by atoms with E-state index in [1.54, 1.807) is 18.7 Å². The van der Waals surface area contributed by atoms with E-state index < -0.39 is 12.2 Å². The Hall–Kier alpha value is -0.290. The van der Waals surface area contributed by atoms with Crippen molar-refractivity contribution in [2.24, 2.45) is 11.3 Å². The Morgan fingerprint density at radius 3 is 1.87 bits per heavy atom. The van der Waals surface area contributed by atoms with E-state index >= 15 is 0 Å². The Balaban J connectivity index is 1.89. The molecule has 0 N–H and O–H groups in total. The molecule has 1 heterocycles. The summed E-state index contributed by atoms with van der Waals surface area (Å²) in [7, 11) is 0. The number of likely N-dealkylation sites (tertiary alicyclic amines) is 1. The summed E-state index contributed by atoms with van der Waals surface area (Å²) in [5.74, 6) is -0.390. The number of halogens is 3. The van der Waals surface area contributed by atoms with Crippen molar-refractivity contribution in [3.8, 4) is 0 Å². The van der Waals surface area contributed by atoms with E-state index in [4.69, 9.17) is 4.74 Å². The monoisotopic (exact) mass is 335 g/mol. The molecule has 5 heteroatoms. The Morgan fingerprint density at radius 1 is 0.957 bits per heavy atom. The maximum atomic E-state index is 13.3. The van der Waals surface area contributed by atoms with Crippen molar-refractivity contribution in [3.63, 3.8) is 0 Å². The van der Waals surface area contributed by atoms with E-state index in [-0.39, 0.29) is 17.4 Å². The van der Waals surface area contributed by atoms with Gasteiger partial charge in [-0.05, 0) is 76.8 Å². The zero-order valence-corrected chi connectivity index (χ0v) is 15.0. The first-order valence-corrected chi connectivity index (χ1v) is 9.09. The summed E-state index contributed by atoms with van der Waals surface area (Å²) in [6.07, 6.45) is 2.62. The van der Waals surface area contributed by atoms with Crippen LogP contribution in [0.1, 0.15) is 66.2 Å². The molecule has 2 fully saturated rings. The molecule has 1 aliphatic carbocycles. The summed E-state index contributed by atoms with van der Waals surface area (Å²) >= 11 is 0. The molecule has 1 spiro atoms. The van der Waals surface area contributed by atoms with Crippen LogP contribution in [0.2, 0.25) is 0 Å². The van der Waals surface area contributed by atoms with E-state index in [2.05, 4.69) is 13.8 Å². The standard InChI is InChI=1S/C18H32F3NO/c1-13(2)16(18(19,20)21)22-11-9-17(10-12-22)7-5-15(6-8-17)23-14(3)4/h13-16H,5-12H2,1-4H3. The van der Waals surface area contributed by atoms with Gasteiger partial charge >= 0.3 is 6.18 Å². The fourth-order valence-corrected chi connectivity index (χ4v) is 4.51. The van der Waals surface area contributed by atoms with Crippen LogP contribution in [-0.4, -0.2) is 42.4 Å². The zero-order valence-electron chi connectivity index (χ0n) is 15.0. The SMILES string of the molecule is CC(C)OC1CCC2(CC1)CCN(C(C(C)C)C(F)(F)F)CC2. The van der Waals surface area contributed by atoms with Crippen molar-refractivity contribution < 1.29 is 17.9 Å². The van der Waals surface area contributed by atoms with Gasteiger partial charge in [-0.25, -0.2) is 0 Å². The van der Waals surface area contributed by atoms with Crippen LogP contribution in [0.25, 0.3) is 0 Å². The van der Waals surface area contributed by atoms with E-state index in [1.807, 2.05) is 0 Å². The molecule has 136 valence electrons. The molecule has 0 aromatic heterocycles. The molecule has 2 aliphatic rings. The van der Waals surface area contributed by atoms with Gasteiger partial charge in [0.2, 0.25) is 0 Å². The van der Waals surface area contributed by atoms with Crippen LogP contribution in [-0.2, 0) is 4.74 Å². The summed E-state index contributed by atoms with van der Waals surface area (Å²) in [4.78, 5) is 1.67. The van der Waals surface area contributed by atoms with E-state index in [1.165, 1.54) is 0 Å². The highest BCUT2D eigenvalue weighted by molar-refractivity contribution is 4.94. The molecule has 0 aromatic rings. The number of hydrogen-bond acceptors (Lipinski definition) is 2. The summed E-state index contributed by atoms with van der Waals surface area (Å²) in [6.45, 7) is 8.64. The molecular weight excluding hydrogens is 303 g/mol. The fourth-order valence-electron chi connectivity index (χ4n) is 4.51. The lowest BCUT2D eigenvalue weighted by Gasteiger charge is -2.48. The number of ether oxygens (including phenoxy) is 1. The minimum Gasteiger partial charge on any atom is -0.376 e. The predicted molar refractivity (Wildman–Crippen MR) is 86.4 cm³/mol. The number of nitrogens with zero attached hydrogens (tertiary/aromatic N) is 1. The largest absolute Gasteiger partial charge is 0.404 e. The van der Waals surface area contributed by atoms with E-state index in [0.717, 1.165) is 38.5 Å². The summed E-state index contributed by atoms with van der Waals surface area (Å²) < 4.78 is 45.8. The number of piperidine rings is 1. The number of alkyl halides is 3. The molecule has 23 heavy (non-hydrogen) atoms. The van der Waals surface area contributed by atoms with Crippen molar-refractivity contribution in [1.29, 1.82) is 0 Å². The van der Waals surface area contributed by atoms with Crippen molar-refractivity contribution in [1.82, 2.24) is 4.90 Å². The molecule has 1 atom stereocenters. The van der Waals surface area contributed by atoms with Crippen molar-refractivity contribution in [3.05, 3.63) is 0 Å². The normalized spacial score (nSPS) is 25.4. The van der Waals surface area contributed by atoms with Gasteiger partial charge in [0.15, 0.2) is 0 Å². The minimum atomic E-state index is -4.12. The van der Waals surface area contributed by atoms with E-state index in [9.17, 15) is 13.2 Å². The Kier molecular flexibility index (Phi) is 6.04. The quantitative estimate of drug-likeness (QED) is 0.715. The molecule has 0 radical (unpaired) electrons. The zero-order chi connectivity index (χ0) is 17.3. The highest BCUT2D eigenvalue weighted by Gasteiger charge is 2.48. The highest BCUT2D eigenvalue weighted by Crippen LogP contribution is 2.46. The highest BCUT2D eigenvalue weighted by atomic mass is 19.4. The van der Waals surface area contributed by atoms with Gasteiger partial charge in [-0.3, -0.25) is 4.90 Å². The van der Waals surface area contributed by atoms with Crippen molar-refractivity contribution in [2.45, 2.75) is 90.6 Å². The minimum absolute atomic E-state index is 0.259. The summed E-state index contributed by atoms with van der Waals surface area (Å²) in [6, 6.07) is -1.29. The van der Waals surface area contributed by atoms with Crippen LogP contribution < -0.4 is 0 Å². The molecule has 0 aromatic carbocycles. The molecule has 0 amide bonds. The molecule has 1 saturated carbocycles. The van der Waals surface area contributed by atoms with Crippen LogP contribution in [0.15, 0.2) is 0 Å². The van der Waals surface area contributed by atoms with Crippen LogP contribution in [0.3, 0.4) is 0 Å².